The van der Waals surface area contributed by atoms with Gasteiger partial charge in [0.2, 0.25) is 5.82 Å². The Labute approximate surface area is 170 Å². The van der Waals surface area contributed by atoms with Gasteiger partial charge in [-0.25, -0.2) is 4.98 Å². The summed E-state index contributed by atoms with van der Waals surface area (Å²) in [6.45, 7) is 6.11. The number of pyridine rings is 1. The van der Waals surface area contributed by atoms with Crippen molar-refractivity contribution in [1.82, 2.24) is 20.0 Å². The molecule has 1 aromatic carbocycles. The van der Waals surface area contributed by atoms with E-state index in [1.807, 2.05) is 51.1 Å². The van der Waals surface area contributed by atoms with E-state index in [-0.39, 0.29) is 23.3 Å². The second kappa shape index (κ2) is 8.34. The number of benzene rings is 1. The van der Waals surface area contributed by atoms with E-state index in [2.05, 4.69) is 15.6 Å². The fraction of sp³-hybridized carbons (Fsp3) is 0.318. The number of imidazole rings is 1. The van der Waals surface area contributed by atoms with Crippen LogP contribution in [0.5, 0.6) is 5.75 Å². The lowest BCUT2D eigenvalue weighted by Gasteiger charge is -2.19. The fourth-order valence-electron chi connectivity index (χ4n) is 3.06. The van der Waals surface area contributed by atoms with E-state index in [9.17, 15) is 9.59 Å². The molecule has 0 saturated carbocycles. The van der Waals surface area contributed by atoms with E-state index in [1.165, 1.54) is 0 Å². The zero-order chi connectivity index (χ0) is 21.0. The monoisotopic (exact) mass is 394 g/mol. The molecule has 0 unspecified atom stereocenters. The Hall–Kier alpha value is -3.35. The maximum absolute atomic E-state index is 12.8. The summed E-state index contributed by atoms with van der Waals surface area (Å²) < 4.78 is 6.98. The summed E-state index contributed by atoms with van der Waals surface area (Å²) in [7, 11) is 1.62. The van der Waals surface area contributed by atoms with Crippen molar-refractivity contribution < 1.29 is 14.3 Å². The number of ether oxygens (including phenoxy) is 1. The van der Waals surface area contributed by atoms with Gasteiger partial charge in [-0.05, 0) is 51.0 Å². The number of hydrogen-bond acceptors (Lipinski definition) is 4. The normalized spacial score (nSPS) is 11.3. The highest BCUT2D eigenvalue weighted by atomic mass is 16.5. The number of aromatic nitrogens is 2. The standard InChI is InChI=1S/C22H26N4O3/c1-22(2,3)25-20(27)18-16-10-7-8-14-26(16)19(24-18)21(28)23-13-12-15-9-5-6-11-17(15)29-4/h5-11,14H,12-13H2,1-4H3,(H,23,28)(H,25,27). The predicted molar refractivity (Wildman–Crippen MR) is 111 cm³/mol. The third-order valence-corrected chi connectivity index (χ3v) is 4.33. The Morgan fingerprint density at radius 2 is 1.79 bits per heavy atom. The number of amides is 2. The Morgan fingerprint density at radius 3 is 2.52 bits per heavy atom. The maximum atomic E-state index is 12.8. The van der Waals surface area contributed by atoms with Crippen molar-refractivity contribution in [3.63, 3.8) is 0 Å². The van der Waals surface area contributed by atoms with Gasteiger partial charge in [0, 0.05) is 18.3 Å². The lowest BCUT2D eigenvalue weighted by atomic mass is 10.1. The summed E-state index contributed by atoms with van der Waals surface area (Å²) >= 11 is 0. The van der Waals surface area contributed by atoms with Crippen molar-refractivity contribution in [2.75, 3.05) is 13.7 Å². The van der Waals surface area contributed by atoms with Crippen molar-refractivity contribution in [3.8, 4) is 5.75 Å². The van der Waals surface area contributed by atoms with Gasteiger partial charge in [0.25, 0.3) is 11.8 Å². The summed E-state index contributed by atoms with van der Waals surface area (Å²) in [5.74, 6) is 0.319. The smallest absolute Gasteiger partial charge is 0.287 e. The van der Waals surface area contributed by atoms with Crippen LogP contribution in [0.2, 0.25) is 0 Å². The van der Waals surface area contributed by atoms with Crippen molar-refractivity contribution in [2.24, 2.45) is 0 Å². The van der Waals surface area contributed by atoms with Crippen LogP contribution in [0, 0.1) is 0 Å². The van der Waals surface area contributed by atoms with E-state index >= 15 is 0 Å². The van der Waals surface area contributed by atoms with E-state index in [4.69, 9.17) is 4.74 Å². The molecule has 0 bridgehead atoms. The molecule has 0 spiro atoms. The lowest BCUT2D eigenvalue weighted by molar-refractivity contribution is 0.0916. The van der Waals surface area contributed by atoms with Crippen molar-refractivity contribution in [1.29, 1.82) is 0 Å². The molecule has 29 heavy (non-hydrogen) atoms. The van der Waals surface area contributed by atoms with E-state index in [0.717, 1.165) is 11.3 Å². The van der Waals surface area contributed by atoms with E-state index in [1.54, 1.807) is 29.8 Å². The zero-order valence-electron chi connectivity index (χ0n) is 17.2. The number of nitrogens with one attached hydrogen (secondary N) is 2. The molecule has 3 rings (SSSR count). The number of hydrogen-bond donors (Lipinski definition) is 2. The van der Waals surface area contributed by atoms with E-state index < -0.39 is 5.54 Å². The Bertz CT molecular complexity index is 1030. The molecule has 0 saturated heterocycles. The van der Waals surface area contributed by atoms with Gasteiger partial charge in [0.1, 0.15) is 5.75 Å². The highest BCUT2D eigenvalue weighted by Crippen LogP contribution is 2.18. The third kappa shape index (κ3) is 4.74. The second-order valence-electron chi connectivity index (χ2n) is 7.76. The number of carbonyl (C=O) groups is 2. The summed E-state index contributed by atoms with van der Waals surface area (Å²) in [6.07, 6.45) is 2.35. The SMILES string of the molecule is COc1ccccc1CCNC(=O)c1nc(C(=O)NC(C)(C)C)c2ccccn12. The van der Waals surface area contributed by atoms with Gasteiger partial charge < -0.3 is 15.4 Å². The van der Waals surface area contributed by atoms with Crippen LogP contribution in [-0.4, -0.2) is 40.4 Å². The average Bonchev–Trinajstić information content (AvgIpc) is 3.07. The zero-order valence-corrected chi connectivity index (χ0v) is 17.2. The molecule has 0 aliphatic rings. The van der Waals surface area contributed by atoms with E-state index in [0.29, 0.717) is 18.5 Å². The topological polar surface area (TPSA) is 84.7 Å². The summed E-state index contributed by atoms with van der Waals surface area (Å²) in [5.41, 5.74) is 1.42. The highest BCUT2D eigenvalue weighted by molar-refractivity contribution is 6.02. The molecule has 0 atom stereocenters. The molecule has 2 heterocycles. The Balaban J connectivity index is 1.78. The summed E-state index contributed by atoms with van der Waals surface area (Å²) in [4.78, 5) is 29.8. The Kier molecular flexibility index (Phi) is 5.87. The minimum absolute atomic E-state index is 0.180. The van der Waals surface area contributed by atoms with Crippen molar-refractivity contribution in [3.05, 3.63) is 65.7 Å². The summed E-state index contributed by atoms with van der Waals surface area (Å²) in [5, 5.41) is 5.78. The second-order valence-corrected chi connectivity index (χ2v) is 7.76. The average molecular weight is 394 g/mol. The van der Waals surface area contributed by atoms with Crippen LogP contribution in [-0.2, 0) is 6.42 Å². The molecule has 7 heteroatoms. The van der Waals surface area contributed by atoms with Gasteiger partial charge >= 0.3 is 0 Å². The molecular formula is C22H26N4O3. The van der Waals surface area contributed by atoms with Gasteiger partial charge in [-0.15, -0.1) is 0 Å². The minimum Gasteiger partial charge on any atom is -0.496 e. The molecule has 0 radical (unpaired) electrons. The van der Waals surface area contributed by atoms with Gasteiger partial charge in [-0.2, -0.15) is 0 Å². The van der Waals surface area contributed by atoms with Crippen LogP contribution in [0.25, 0.3) is 5.52 Å². The molecule has 7 nitrogen and oxygen atoms in total. The quantitative estimate of drug-likeness (QED) is 0.673. The van der Waals surface area contributed by atoms with Crippen LogP contribution in [0.3, 0.4) is 0 Å². The largest absolute Gasteiger partial charge is 0.496 e. The van der Waals surface area contributed by atoms with Gasteiger partial charge in [-0.3, -0.25) is 14.0 Å². The number of nitrogens with zero attached hydrogens (tertiary/aromatic N) is 2. The van der Waals surface area contributed by atoms with Crippen LogP contribution >= 0.6 is 0 Å². The van der Waals surface area contributed by atoms with Crippen LogP contribution < -0.4 is 15.4 Å². The number of carbonyl (C=O) groups excluding carboxylic acids is 2. The van der Waals surface area contributed by atoms with Gasteiger partial charge in [0.05, 0.1) is 12.6 Å². The van der Waals surface area contributed by atoms with Crippen LogP contribution in [0.15, 0.2) is 48.7 Å². The number of methoxy groups -OCH3 is 1. The van der Waals surface area contributed by atoms with Crippen molar-refractivity contribution in [2.45, 2.75) is 32.7 Å². The molecule has 2 N–H and O–H groups in total. The molecule has 0 fully saturated rings. The predicted octanol–water partition coefficient (Wildman–Crippen LogP) is 2.84. The first-order valence-corrected chi connectivity index (χ1v) is 9.50. The van der Waals surface area contributed by atoms with Crippen LogP contribution in [0.1, 0.15) is 47.4 Å². The molecular weight excluding hydrogens is 368 g/mol. The first-order valence-electron chi connectivity index (χ1n) is 9.50. The molecule has 152 valence electrons. The fourth-order valence-corrected chi connectivity index (χ4v) is 3.06. The Morgan fingerprint density at radius 1 is 1.07 bits per heavy atom. The third-order valence-electron chi connectivity index (χ3n) is 4.33. The molecule has 0 aliphatic heterocycles. The lowest BCUT2D eigenvalue weighted by Crippen LogP contribution is -2.40. The molecule has 2 aromatic heterocycles. The van der Waals surface area contributed by atoms with Gasteiger partial charge in [0.15, 0.2) is 5.69 Å². The van der Waals surface area contributed by atoms with Crippen LogP contribution in [0.4, 0.5) is 0 Å². The maximum Gasteiger partial charge on any atom is 0.287 e. The number of para-hydroxylation sites is 1. The highest BCUT2D eigenvalue weighted by Gasteiger charge is 2.24. The molecule has 2 amide bonds. The number of rotatable bonds is 6. The van der Waals surface area contributed by atoms with Gasteiger partial charge in [-0.1, -0.05) is 24.3 Å². The molecule has 0 aliphatic carbocycles. The first kappa shape index (κ1) is 20.4. The molecule has 3 aromatic rings. The van der Waals surface area contributed by atoms with Crippen molar-refractivity contribution >= 4 is 17.3 Å². The number of fused-ring (bicyclic) bond motifs is 1. The minimum atomic E-state index is -0.404. The summed E-state index contributed by atoms with van der Waals surface area (Å²) in [6, 6.07) is 13.1. The first-order chi connectivity index (χ1) is 13.8.